The molecule has 1 amide bonds. The average Bonchev–Trinajstić information content (AvgIpc) is 3.32. The number of pyridine rings is 1. The molecule has 0 spiro atoms. The van der Waals surface area contributed by atoms with Crippen molar-refractivity contribution in [1.29, 1.82) is 0 Å². The van der Waals surface area contributed by atoms with Crippen molar-refractivity contribution in [3.8, 4) is 5.88 Å². The number of aromatic amines is 1. The lowest BCUT2D eigenvalue weighted by molar-refractivity contribution is 0.0942. The smallest absolute Gasteiger partial charge is 0.268 e. The number of hydrogen-bond acceptors (Lipinski definition) is 5. The van der Waals surface area contributed by atoms with Gasteiger partial charge >= 0.3 is 0 Å². The van der Waals surface area contributed by atoms with Gasteiger partial charge in [0.1, 0.15) is 11.5 Å². The van der Waals surface area contributed by atoms with Gasteiger partial charge in [-0.2, -0.15) is 5.10 Å². The van der Waals surface area contributed by atoms with E-state index in [2.05, 4.69) is 20.5 Å². The first-order chi connectivity index (χ1) is 14.5. The van der Waals surface area contributed by atoms with Crippen LogP contribution in [0.5, 0.6) is 5.88 Å². The summed E-state index contributed by atoms with van der Waals surface area (Å²) >= 11 is 1.58. The topological polar surface area (TPSA) is 84.8 Å². The molecule has 0 bridgehead atoms. The summed E-state index contributed by atoms with van der Waals surface area (Å²) in [4.78, 5) is 18.8. The molecule has 0 aliphatic carbocycles. The molecule has 154 valence electrons. The van der Waals surface area contributed by atoms with Gasteiger partial charge < -0.3 is 14.6 Å². The van der Waals surface area contributed by atoms with Gasteiger partial charge in [0.15, 0.2) is 0 Å². The van der Waals surface area contributed by atoms with Crippen molar-refractivity contribution in [2.24, 2.45) is 7.05 Å². The summed E-state index contributed by atoms with van der Waals surface area (Å²) in [5.41, 5.74) is 2.63. The van der Waals surface area contributed by atoms with Crippen molar-refractivity contribution >= 4 is 28.6 Å². The van der Waals surface area contributed by atoms with Crippen LogP contribution in [0.1, 0.15) is 21.7 Å². The minimum absolute atomic E-state index is 0.0223. The van der Waals surface area contributed by atoms with Gasteiger partial charge in [-0.15, -0.1) is 0 Å². The van der Waals surface area contributed by atoms with E-state index in [1.807, 2.05) is 42.8 Å². The SMILES string of the molecule is COc1nccc(F)c1CNC(=O)c1cc(Sc2ccc3[nH]ncc3c2)c(C)n1C. The second-order valence-electron chi connectivity index (χ2n) is 6.72. The van der Waals surface area contributed by atoms with Gasteiger partial charge in [0.25, 0.3) is 5.91 Å². The zero-order valence-corrected chi connectivity index (χ0v) is 17.5. The predicted octanol–water partition coefficient (Wildman–Crippen LogP) is 3.83. The Hall–Kier alpha value is -3.33. The number of hydrogen-bond donors (Lipinski definition) is 2. The van der Waals surface area contributed by atoms with Crippen LogP contribution in [0.2, 0.25) is 0 Å². The van der Waals surface area contributed by atoms with Gasteiger partial charge in [0, 0.05) is 34.1 Å². The number of halogens is 1. The second-order valence-corrected chi connectivity index (χ2v) is 7.84. The molecule has 0 aliphatic heterocycles. The van der Waals surface area contributed by atoms with E-state index in [0.29, 0.717) is 5.69 Å². The first kappa shape index (κ1) is 20.0. The molecule has 0 atom stereocenters. The molecule has 4 rings (SSSR count). The number of amides is 1. The zero-order valence-electron chi connectivity index (χ0n) is 16.7. The number of carbonyl (C=O) groups excluding carboxylic acids is 1. The van der Waals surface area contributed by atoms with E-state index in [0.717, 1.165) is 26.4 Å². The standard InChI is InChI=1S/C21H20FN5O2S/c1-12-19(30-14-4-5-17-13(8-14)10-25-26-17)9-18(27(12)2)20(28)24-11-15-16(22)6-7-23-21(15)29-3/h4-10H,11H2,1-3H3,(H,24,28)(H,25,26). The summed E-state index contributed by atoms with van der Waals surface area (Å²) in [5.74, 6) is -0.622. The maximum Gasteiger partial charge on any atom is 0.268 e. The van der Waals surface area contributed by atoms with Crippen molar-refractivity contribution in [3.05, 3.63) is 65.5 Å². The third-order valence-corrected chi connectivity index (χ3v) is 6.06. The fourth-order valence-electron chi connectivity index (χ4n) is 3.15. The Morgan fingerprint density at radius 2 is 2.17 bits per heavy atom. The maximum absolute atomic E-state index is 14.1. The molecule has 3 aromatic heterocycles. The number of nitrogens with zero attached hydrogens (tertiary/aromatic N) is 3. The van der Waals surface area contributed by atoms with Gasteiger partial charge in [0.05, 0.1) is 30.9 Å². The third kappa shape index (κ3) is 3.76. The molecule has 0 saturated carbocycles. The first-order valence-corrected chi connectivity index (χ1v) is 10.0. The van der Waals surface area contributed by atoms with E-state index in [1.54, 1.807) is 18.0 Å². The molecule has 7 nitrogen and oxygen atoms in total. The van der Waals surface area contributed by atoms with Gasteiger partial charge in [-0.25, -0.2) is 9.37 Å². The Labute approximate surface area is 176 Å². The van der Waals surface area contributed by atoms with Crippen LogP contribution in [-0.4, -0.2) is 32.8 Å². The average molecular weight is 425 g/mol. The van der Waals surface area contributed by atoms with Crippen LogP contribution in [0.25, 0.3) is 10.9 Å². The van der Waals surface area contributed by atoms with E-state index < -0.39 is 5.82 Å². The van der Waals surface area contributed by atoms with Crippen molar-refractivity contribution < 1.29 is 13.9 Å². The predicted molar refractivity (Wildman–Crippen MR) is 112 cm³/mol. The number of rotatable bonds is 6. The van der Waals surface area contributed by atoms with Crippen molar-refractivity contribution in [1.82, 2.24) is 25.1 Å². The molecule has 0 radical (unpaired) electrons. The molecule has 9 heteroatoms. The normalized spacial score (nSPS) is 11.1. The number of carbonyl (C=O) groups is 1. The Morgan fingerprint density at radius 3 is 2.97 bits per heavy atom. The van der Waals surface area contributed by atoms with Crippen LogP contribution in [0.15, 0.2) is 52.5 Å². The van der Waals surface area contributed by atoms with E-state index in [1.165, 1.54) is 19.4 Å². The lowest BCUT2D eigenvalue weighted by Crippen LogP contribution is -2.25. The second kappa shape index (κ2) is 8.19. The highest BCUT2D eigenvalue weighted by atomic mass is 32.2. The van der Waals surface area contributed by atoms with E-state index in [-0.39, 0.29) is 23.9 Å². The molecule has 2 N–H and O–H groups in total. The zero-order chi connectivity index (χ0) is 21.3. The van der Waals surface area contributed by atoms with E-state index >= 15 is 0 Å². The number of aromatic nitrogens is 4. The van der Waals surface area contributed by atoms with Crippen LogP contribution in [0.3, 0.4) is 0 Å². The lowest BCUT2D eigenvalue weighted by Gasteiger charge is -2.10. The van der Waals surface area contributed by atoms with Gasteiger partial charge in [0.2, 0.25) is 5.88 Å². The van der Waals surface area contributed by atoms with Crippen molar-refractivity contribution in [2.45, 2.75) is 23.3 Å². The van der Waals surface area contributed by atoms with E-state index in [9.17, 15) is 9.18 Å². The molecule has 0 saturated heterocycles. The third-order valence-electron chi connectivity index (χ3n) is 4.94. The van der Waals surface area contributed by atoms with Gasteiger partial charge in [-0.1, -0.05) is 11.8 Å². The molecule has 0 unspecified atom stereocenters. The Kier molecular flexibility index (Phi) is 5.45. The summed E-state index contributed by atoms with van der Waals surface area (Å²) in [6.07, 6.45) is 3.10. The summed E-state index contributed by atoms with van der Waals surface area (Å²) in [5, 5.41) is 10.8. The monoisotopic (exact) mass is 425 g/mol. The molecular weight excluding hydrogens is 405 g/mol. The quantitative estimate of drug-likeness (QED) is 0.490. The molecular formula is C21H20FN5O2S. The largest absolute Gasteiger partial charge is 0.481 e. The molecule has 0 aliphatic rings. The number of nitrogens with one attached hydrogen (secondary N) is 2. The summed E-state index contributed by atoms with van der Waals surface area (Å²) < 4.78 is 21.0. The highest BCUT2D eigenvalue weighted by molar-refractivity contribution is 7.99. The van der Waals surface area contributed by atoms with Crippen LogP contribution in [-0.2, 0) is 13.6 Å². The van der Waals surface area contributed by atoms with Crippen molar-refractivity contribution in [2.75, 3.05) is 7.11 Å². The van der Waals surface area contributed by atoms with Crippen LogP contribution >= 0.6 is 11.8 Å². The lowest BCUT2D eigenvalue weighted by atomic mass is 10.2. The highest BCUT2D eigenvalue weighted by Crippen LogP contribution is 2.33. The fraction of sp³-hybridized carbons (Fsp3) is 0.190. The van der Waals surface area contributed by atoms with Gasteiger partial charge in [-0.3, -0.25) is 9.89 Å². The van der Waals surface area contributed by atoms with Crippen LogP contribution < -0.4 is 10.1 Å². The Morgan fingerprint density at radius 1 is 1.33 bits per heavy atom. The number of methoxy groups -OCH3 is 1. The molecule has 0 fully saturated rings. The van der Waals surface area contributed by atoms with Crippen LogP contribution in [0.4, 0.5) is 4.39 Å². The molecule has 1 aromatic carbocycles. The first-order valence-electron chi connectivity index (χ1n) is 9.20. The van der Waals surface area contributed by atoms with Crippen LogP contribution in [0, 0.1) is 12.7 Å². The summed E-state index contributed by atoms with van der Waals surface area (Å²) in [7, 11) is 3.25. The molecule has 30 heavy (non-hydrogen) atoms. The summed E-state index contributed by atoms with van der Waals surface area (Å²) in [6.45, 7) is 1.94. The number of H-pyrrole nitrogens is 1. The van der Waals surface area contributed by atoms with Gasteiger partial charge in [-0.05, 0) is 37.3 Å². The highest BCUT2D eigenvalue weighted by Gasteiger charge is 2.18. The minimum atomic E-state index is -0.476. The molecule has 4 aromatic rings. The van der Waals surface area contributed by atoms with E-state index in [4.69, 9.17) is 4.74 Å². The Balaban J connectivity index is 1.53. The number of benzene rings is 1. The number of ether oxygens (including phenoxy) is 1. The minimum Gasteiger partial charge on any atom is -0.481 e. The Bertz CT molecular complexity index is 1230. The molecule has 3 heterocycles. The fourth-order valence-corrected chi connectivity index (χ4v) is 4.18. The van der Waals surface area contributed by atoms with Crippen molar-refractivity contribution in [3.63, 3.8) is 0 Å². The summed E-state index contributed by atoms with van der Waals surface area (Å²) in [6, 6.07) is 9.11. The maximum atomic E-state index is 14.1. The number of fused-ring (bicyclic) bond motifs is 1.